The summed E-state index contributed by atoms with van der Waals surface area (Å²) in [5.74, 6) is -1.51. The molecular formula is C21H25N5O4S. The number of nitrogens with zero attached hydrogens (tertiary/aromatic N) is 3. The monoisotopic (exact) mass is 443 g/mol. The first-order chi connectivity index (χ1) is 14.8. The number of carbonyl (C=O) groups is 1. The summed E-state index contributed by atoms with van der Waals surface area (Å²) in [6.07, 6.45) is 2.81. The van der Waals surface area contributed by atoms with Gasteiger partial charge in [-0.2, -0.15) is 5.21 Å². The van der Waals surface area contributed by atoms with Gasteiger partial charge in [-0.3, -0.25) is 9.52 Å². The van der Waals surface area contributed by atoms with Crippen LogP contribution in [0, 0.1) is 5.92 Å². The maximum atomic E-state index is 11.9. The summed E-state index contributed by atoms with van der Waals surface area (Å²) in [7, 11) is -3.33. The molecule has 3 N–H and O–H groups in total. The highest BCUT2D eigenvalue weighted by Gasteiger charge is 2.32. The van der Waals surface area contributed by atoms with E-state index < -0.39 is 27.8 Å². The molecule has 0 saturated carbocycles. The smallest absolute Gasteiger partial charge is 0.307 e. The molecule has 0 amide bonds. The van der Waals surface area contributed by atoms with Crippen LogP contribution < -0.4 is 4.72 Å². The van der Waals surface area contributed by atoms with Crippen molar-refractivity contribution in [2.24, 2.45) is 5.92 Å². The average Bonchev–Trinajstić information content (AvgIpc) is 3.24. The van der Waals surface area contributed by atoms with E-state index in [-0.39, 0.29) is 0 Å². The largest absolute Gasteiger partial charge is 0.481 e. The van der Waals surface area contributed by atoms with Crippen molar-refractivity contribution >= 4 is 21.7 Å². The van der Waals surface area contributed by atoms with Crippen molar-refractivity contribution in [3.05, 3.63) is 59.9 Å². The molecule has 2 atom stereocenters. The Labute approximate surface area is 181 Å². The molecule has 164 valence electrons. The number of hydrogen-bond donors (Lipinski definition) is 3. The van der Waals surface area contributed by atoms with Gasteiger partial charge in [0.25, 0.3) is 0 Å². The zero-order valence-corrected chi connectivity index (χ0v) is 18.1. The number of aliphatic carboxylic acids is 1. The topological polar surface area (TPSA) is 138 Å². The highest BCUT2D eigenvalue weighted by atomic mass is 32.2. The Bertz CT molecular complexity index is 1110. The number of rotatable bonds is 10. The fourth-order valence-electron chi connectivity index (χ4n) is 3.62. The van der Waals surface area contributed by atoms with Crippen LogP contribution in [0.25, 0.3) is 11.1 Å². The third-order valence-electron chi connectivity index (χ3n) is 5.00. The summed E-state index contributed by atoms with van der Waals surface area (Å²) in [4.78, 5) is 11.9. The maximum absolute atomic E-state index is 11.9. The molecule has 2 unspecified atom stereocenters. The van der Waals surface area contributed by atoms with Crippen molar-refractivity contribution in [2.75, 3.05) is 11.0 Å². The lowest BCUT2D eigenvalue weighted by Gasteiger charge is -2.21. The van der Waals surface area contributed by atoms with Crippen molar-refractivity contribution in [1.82, 2.24) is 20.6 Å². The molecule has 3 rings (SSSR count). The highest BCUT2D eigenvalue weighted by molar-refractivity contribution is 7.92. The second-order valence-electron chi connectivity index (χ2n) is 7.47. The first-order valence-corrected chi connectivity index (χ1v) is 11.8. The number of benzene rings is 2. The van der Waals surface area contributed by atoms with E-state index in [1.165, 1.54) is 0 Å². The number of H-pyrrole nitrogens is 1. The molecule has 3 aromatic rings. The number of tetrazole rings is 1. The van der Waals surface area contributed by atoms with Crippen molar-refractivity contribution in [3.8, 4) is 11.1 Å². The SMILES string of the molecule is CCCC(C(=O)O)C(Cc1cccc(-c2ccc(NS(C)(=O)=O)cc2)c1)c1nn[nH]n1. The van der Waals surface area contributed by atoms with Gasteiger partial charge in [0.2, 0.25) is 10.0 Å². The molecule has 0 bridgehead atoms. The van der Waals surface area contributed by atoms with Crippen LogP contribution in [0.15, 0.2) is 48.5 Å². The van der Waals surface area contributed by atoms with Crippen molar-refractivity contribution in [2.45, 2.75) is 32.1 Å². The number of aromatic amines is 1. The van der Waals surface area contributed by atoms with Gasteiger partial charge in [0, 0.05) is 11.6 Å². The maximum Gasteiger partial charge on any atom is 0.307 e. The fourth-order valence-corrected chi connectivity index (χ4v) is 4.19. The predicted octanol–water partition coefficient (Wildman–Crippen LogP) is 3.07. The number of anilines is 1. The quantitative estimate of drug-likeness (QED) is 0.438. The van der Waals surface area contributed by atoms with Crippen LogP contribution in [0.1, 0.15) is 37.1 Å². The average molecular weight is 444 g/mol. The molecule has 0 fully saturated rings. The molecule has 0 aliphatic heterocycles. The minimum absolute atomic E-state index is 0.391. The number of sulfonamides is 1. The lowest BCUT2D eigenvalue weighted by atomic mass is 9.83. The van der Waals surface area contributed by atoms with Gasteiger partial charge >= 0.3 is 5.97 Å². The van der Waals surface area contributed by atoms with Crippen LogP contribution in [0.5, 0.6) is 0 Å². The highest BCUT2D eigenvalue weighted by Crippen LogP contribution is 2.31. The van der Waals surface area contributed by atoms with E-state index in [1.807, 2.05) is 43.3 Å². The predicted molar refractivity (Wildman–Crippen MR) is 117 cm³/mol. The third-order valence-corrected chi connectivity index (χ3v) is 5.61. The number of nitrogens with one attached hydrogen (secondary N) is 2. The molecule has 0 aliphatic carbocycles. The summed E-state index contributed by atoms with van der Waals surface area (Å²) in [6, 6.07) is 14.9. The van der Waals surface area contributed by atoms with Crippen molar-refractivity contribution in [3.63, 3.8) is 0 Å². The lowest BCUT2D eigenvalue weighted by Crippen LogP contribution is -2.25. The Hall–Kier alpha value is -3.27. The van der Waals surface area contributed by atoms with Crippen LogP contribution in [0.2, 0.25) is 0 Å². The summed E-state index contributed by atoms with van der Waals surface area (Å²) in [5.41, 5.74) is 3.30. The van der Waals surface area contributed by atoms with Gasteiger partial charge in [-0.25, -0.2) is 8.42 Å². The number of aromatic nitrogens is 4. The first-order valence-electron chi connectivity index (χ1n) is 9.90. The van der Waals surface area contributed by atoms with E-state index in [0.717, 1.165) is 29.4 Å². The molecule has 1 heterocycles. The van der Waals surface area contributed by atoms with E-state index >= 15 is 0 Å². The zero-order chi connectivity index (χ0) is 22.4. The van der Waals surface area contributed by atoms with Crippen LogP contribution >= 0.6 is 0 Å². The van der Waals surface area contributed by atoms with Crippen molar-refractivity contribution < 1.29 is 18.3 Å². The molecular weight excluding hydrogens is 418 g/mol. The Morgan fingerprint density at radius 3 is 2.48 bits per heavy atom. The second kappa shape index (κ2) is 9.69. The fraction of sp³-hybridized carbons (Fsp3) is 0.333. The number of carboxylic acid groups (broad SMARTS) is 1. The lowest BCUT2D eigenvalue weighted by molar-refractivity contribution is -0.142. The van der Waals surface area contributed by atoms with Gasteiger partial charge in [-0.15, -0.1) is 10.2 Å². The van der Waals surface area contributed by atoms with Gasteiger partial charge in [-0.05, 0) is 41.7 Å². The Balaban J connectivity index is 1.86. The molecule has 31 heavy (non-hydrogen) atoms. The Kier molecular flexibility index (Phi) is 7.01. The molecule has 9 nitrogen and oxygen atoms in total. The number of carboxylic acids is 1. The summed E-state index contributed by atoms with van der Waals surface area (Å²) >= 11 is 0. The normalized spacial score (nSPS) is 13.5. The minimum atomic E-state index is -3.33. The molecule has 10 heteroatoms. The molecule has 0 saturated heterocycles. The van der Waals surface area contributed by atoms with Gasteiger partial charge in [0.15, 0.2) is 5.82 Å². The van der Waals surface area contributed by atoms with Crippen LogP contribution in [0.3, 0.4) is 0 Å². The molecule has 2 aromatic carbocycles. The van der Waals surface area contributed by atoms with Crippen LogP contribution in [-0.4, -0.2) is 46.4 Å². The third kappa shape index (κ3) is 6.11. The van der Waals surface area contributed by atoms with E-state index in [2.05, 4.69) is 25.3 Å². The van der Waals surface area contributed by atoms with E-state index in [4.69, 9.17) is 0 Å². The standard InChI is InChI=1S/C21H25N5O4S/c1-3-5-18(21(27)28)19(20-22-25-26-23-20)13-14-6-4-7-16(12-14)15-8-10-17(11-9-15)24-31(2,29)30/h4,6-12,18-19,24H,3,5,13H2,1-2H3,(H,27,28)(H,22,23,25,26). The number of hydrogen-bond acceptors (Lipinski definition) is 6. The summed E-state index contributed by atoms with van der Waals surface area (Å²) in [6.45, 7) is 1.95. The van der Waals surface area contributed by atoms with Gasteiger partial charge in [0.05, 0.1) is 12.2 Å². The zero-order valence-electron chi connectivity index (χ0n) is 17.3. The Morgan fingerprint density at radius 2 is 1.90 bits per heavy atom. The Morgan fingerprint density at radius 1 is 1.16 bits per heavy atom. The first kappa shape index (κ1) is 22.4. The molecule has 0 spiro atoms. The van der Waals surface area contributed by atoms with E-state index in [9.17, 15) is 18.3 Å². The van der Waals surface area contributed by atoms with Gasteiger partial charge < -0.3 is 5.11 Å². The van der Waals surface area contributed by atoms with Gasteiger partial charge in [0.1, 0.15) is 0 Å². The van der Waals surface area contributed by atoms with Crippen molar-refractivity contribution in [1.29, 1.82) is 0 Å². The summed E-state index contributed by atoms with van der Waals surface area (Å²) in [5, 5.41) is 23.9. The second-order valence-corrected chi connectivity index (χ2v) is 9.21. The molecule has 0 radical (unpaired) electrons. The van der Waals surface area contributed by atoms with Gasteiger partial charge in [-0.1, -0.05) is 55.0 Å². The summed E-state index contributed by atoms with van der Waals surface area (Å²) < 4.78 is 25.2. The molecule has 1 aromatic heterocycles. The minimum Gasteiger partial charge on any atom is -0.481 e. The van der Waals surface area contributed by atoms with E-state index in [1.54, 1.807) is 12.1 Å². The van der Waals surface area contributed by atoms with Crippen LogP contribution in [-0.2, 0) is 21.2 Å². The molecule has 0 aliphatic rings. The van der Waals surface area contributed by atoms with E-state index in [0.29, 0.717) is 24.4 Å². The van der Waals surface area contributed by atoms with Crippen LogP contribution in [0.4, 0.5) is 5.69 Å².